The number of hydrogen-bond acceptors (Lipinski definition) is 2. The Hall–Kier alpha value is -1.84. The van der Waals surface area contributed by atoms with E-state index in [1.165, 1.54) is 0 Å². The molecule has 0 saturated carbocycles. The number of fused-ring (bicyclic) bond motifs is 1. The second-order valence-corrected chi connectivity index (χ2v) is 3.37. The average Bonchev–Trinajstić information content (AvgIpc) is 2.68. The lowest BCUT2D eigenvalue weighted by molar-refractivity contribution is -0.120. The molecule has 0 aliphatic heterocycles. The summed E-state index contributed by atoms with van der Waals surface area (Å²) in [5.41, 5.74) is 0.967. The Balaban J connectivity index is 2.12. The molecule has 0 atom stereocenters. The molecule has 1 aromatic carbocycles. The van der Waals surface area contributed by atoms with Gasteiger partial charge in [-0.15, -0.1) is 0 Å². The molecule has 1 aromatic heterocycles. The summed E-state index contributed by atoms with van der Waals surface area (Å²) in [7, 11) is 1.64. The second kappa shape index (κ2) is 4.13. The smallest absolute Gasteiger partial charge is 0.221 e. The van der Waals surface area contributed by atoms with Crippen molar-refractivity contribution in [2.75, 3.05) is 7.05 Å². The van der Waals surface area contributed by atoms with Crippen molar-refractivity contribution in [3.05, 3.63) is 30.5 Å². The van der Waals surface area contributed by atoms with Crippen molar-refractivity contribution in [1.82, 2.24) is 15.1 Å². The highest BCUT2D eigenvalue weighted by molar-refractivity contribution is 5.78. The molecule has 0 aliphatic rings. The van der Waals surface area contributed by atoms with Crippen LogP contribution in [0.15, 0.2) is 30.5 Å². The van der Waals surface area contributed by atoms with Crippen LogP contribution in [0.2, 0.25) is 0 Å². The summed E-state index contributed by atoms with van der Waals surface area (Å²) in [4.78, 5) is 11.0. The van der Waals surface area contributed by atoms with E-state index in [2.05, 4.69) is 10.4 Å². The van der Waals surface area contributed by atoms with Crippen LogP contribution in [0.5, 0.6) is 0 Å². The lowest BCUT2D eigenvalue weighted by atomic mass is 10.3. The van der Waals surface area contributed by atoms with Gasteiger partial charge in [0.05, 0.1) is 5.52 Å². The van der Waals surface area contributed by atoms with Crippen molar-refractivity contribution in [2.24, 2.45) is 0 Å². The summed E-state index contributed by atoms with van der Waals surface area (Å²) in [6.07, 6.45) is 2.42. The fraction of sp³-hybridized carbons (Fsp3) is 0.273. The van der Waals surface area contributed by atoms with E-state index < -0.39 is 0 Å². The number of hydrogen-bond donors (Lipinski definition) is 1. The maximum absolute atomic E-state index is 11.0. The molecule has 0 aliphatic carbocycles. The Kier molecular flexibility index (Phi) is 2.67. The summed E-state index contributed by atoms with van der Waals surface area (Å²) in [6, 6.07) is 7.91. The zero-order chi connectivity index (χ0) is 10.7. The first-order valence-electron chi connectivity index (χ1n) is 4.92. The lowest BCUT2D eigenvalue weighted by Crippen LogP contribution is -2.19. The minimum absolute atomic E-state index is 0.0366. The van der Waals surface area contributed by atoms with Gasteiger partial charge < -0.3 is 5.32 Å². The molecule has 78 valence electrons. The van der Waals surface area contributed by atoms with E-state index in [1.807, 2.05) is 30.5 Å². The first-order valence-corrected chi connectivity index (χ1v) is 4.92. The van der Waals surface area contributed by atoms with Crippen molar-refractivity contribution in [3.8, 4) is 0 Å². The number of amides is 1. The van der Waals surface area contributed by atoms with Crippen molar-refractivity contribution in [1.29, 1.82) is 0 Å². The van der Waals surface area contributed by atoms with Gasteiger partial charge in [-0.05, 0) is 6.07 Å². The van der Waals surface area contributed by atoms with Crippen LogP contribution in [0.1, 0.15) is 6.42 Å². The fourth-order valence-corrected chi connectivity index (χ4v) is 1.47. The lowest BCUT2D eigenvalue weighted by Gasteiger charge is -1.99. The third kappa shape index (κ3) is 2.15. The molecule has 1 amide bonds. The summed E-state index contributed by atoms with van der Waals surface area (Å²) in [6.45, 7) is 0.619. The molecule has 4 heteroatoms. The van der Waals surface area contributed by atoms with E-state index in [0.717, 1.165) is 10.9 Å². The Bertz CT molecular complexity index is 442. The third-order valence-electron chi connectivity index (χ3n) is 2.31. The molecule has 0 radical (unpaired) electrons. The van der Waals surface area contributed by atoms with Crippen molar-refractivity contribution >= 4 is 16.8 Å². The maximum atomic E-state index is 11.0. The Labute approximate surface area is 87.9 Å². The monoisotopic (exact) mass is 203 g/mol. The highest BCUT2D eigenvalue weighted by Crippen LogP contribution is 2.10. The molecule has 2 aromatic rings. The normalized spacial score (nSPS) is 10.5. The standard InChI is InChI=1S/C11H13N3O/c1-12-11(15)6-7-14-8-9-4-2-3-5-10(9)13-14/h2-5,8H,6-7H2,1H3,(H,12,15). The van der Waals surface area contributed by atoms with Gasteiger partial charge in [-0.1, -0.05) is 18.2 Å². The topological polar surface area (TPSA) is 46.9 Å². The molecule has 0 saturated heterocycles. The molecule has 1 heterocycles. The predicted molar refractivity (Wildman–Crippen MR) is 58.4 cm³/mol. The number of aromatic nitrogens is 2. The van der Waals surface area contributed by atoms with E-state index in [1.54, 1.807) is 11.7 Å². The molecular weight excluding hydrogens is 190 g/mol. The van der Waals surface area contributed by atoms with Crippen LogP contribution in [0.4, 0.5) is 0 Å². The molecule has 0 bridgehead atoms. The average molecular weight is 203 g/mol. The largest absolute Gasteiger partial charge is 0.359 e. The Morgan fingerprint density at radius 2 is 2.27 bits per heavy atom. The van der Waals surface area contributed by atoms with E-state index in [-0.39, 0.29) is 5.91 Å². The predicted octanol–water partition coefficient (Wildman–Crippen LogP) is 1.17. The minimum Gasteiger partial charge on any atom is -0.359 e. The molecule has 0 unspecified atom stereocenters. The summed E-state index contributed by atoms with van der Waals surface area (Å²) >= 11 is 0. The van der Waals surface area contributed by atoms with Gasteiger partial charge in [-0.2, -0.15) is 5.10 Å². The summed E-state index contributed by atoms with van der Waals surface area (Å²) < 4.78 is 1.81. The number of nitrogens with one attached hydrogen (secondary N) is 1. The van der Waals surface area contributed by atoms with Gasteiger partial charge in [-0.3, -0.25) is 9.48 Å². The number of carbonyl (C=O) groups excluding carboxylic acids is 1. The van der Waals surface area contributed by atoms with Gasteiger partial charge in [0.1, 0.15) is 0 Å². The number of benzene rings is 1. The first-order chi connectivity index (χ1) is 7.29. The highest BCUT2D eigenvalue weighted by Gasteiger charge is 2.01. The van der Waals surface area contributed by atoms with Crippen LogP contribution >= 0.6 is 0 Å². The SMILES string of the molecule is CNC(=O)CCn1cc2ccccc2n1. The highest BCUT2D eigenvalue weighted by atomic mass is 16.1. The van der Waals surface area contributed by atoms with Crippen LogP contribution < -0.4 is 5.32 Å². The van der Waals surface area contributed by atoms with Crippen LogP contribution in [-0.4, -0.2) is 22.7 Å². The molecule has 0 fully saturated rings. The van der Waals surface area contributed by atoms with Gasteiger partial charge >= 0.3 is 0 Å². The van der Waals surface area contributed by atoms with Gasteiger partial charge in [0.25, 0.3) is 0 Å². The molecule has 4 nitrogen and oxygen atoms in total. The Morgan fingerprint density at radius 3 is 3.00 bits per heavy atom. The molecule has 1 N–H and O–H groups in total. The second-order valence-electron chi connectivity index (χ2n) is 3.37. The van der Waals surface area contributed by atoms with E-state index in [9.17, 15) is 4.79 Å². The van der Waals surface area contributed by atoms with Gasteiger partial charge in [-0.25, -0.2) is 0 Å². The first kappa shape index (κ1) is 9.71. The van der Waals surface area contributed by atoms with Crippen LogP contribution in [0.3, 0.4) is 0 Å². The van der Waals surface area contributed by atoms with Gasteiger partial charge in [0.15, 0.2) is 0 Å². The van der Waals surface area contributed by atoms with E-state index in [0.29, 0.717) is 13.0 Å². The zero-order valence-corrected chi connectivity index (χ0v) is 8.60. The van der Waals surface area contributed by atoms with Gasteiger partial charge in [0, 0.05) is 31.6 Å². The summed E-state index contributed by atoms with van der Waals surface area (Å²) in [5, 5.41) is 8.05. The maximum Gasteiger partial charge on any atom is 0.221 e. The molecule has 0 spiro atoms. The van der Waals surface area contributed by atoms with Crippen molar-refractivity contribution < 1.29 is 4.79 Å². The fourth-order valence-electron chi connectivity index (χ4n) is 1.47. The zero-order valence-electron chi connectivity index (χ0n) is 8.60. The van der Waals surface area contributed by atoms with Crippen LogP contribution in [0.25, 0.3) is 10.9 Å². The minimum atomic E-state index is 0.0366. The van der Waals surface area contributed by atoms with E-state index >= 15 is 0 Å². The van der Waals surface area contributed by atoms with Gasteiger partial charge in [0.2, 0.25) is 5.91 Å². The van der Waals surface area contributed by atoms with Crippen molar-refractivity contribution in [3.63, 3.8) is 0 Å². The number of carbonyl (C=O) groups is 1. The number of nitrogens with zero attached hydrogens (tertiary/aromatic N) is 2. The van der Waals surface area contributed by atoms with Crippen LogP contribution in [0, 0.1) is 0 Å². The molecule has 15 heavy (non-hydrogen) atoms. The molecule has 2 rings (SSSR count). The number of aryl methyl sites for hydroxylation is 1. The van der Waals surface area contributed by atoms with E-state index in [4.69, 9.17) is 0 Å². The van der Waals surface area contributed by atoms with Crippen LogP contribution in [-0.2, 0) is 11.3 Å². The Morgan fingerprint density at radius 1 is 1.47 bits per heavy atom. The number of rotatable bonds is 3. The molecular formula is C11H13N3O. The van der Waals surface area contributed by atoms with Crippen molar-refractivity contribution in [2.45, 2.75) is 13.0 Å². The summed E-state index contributed by atoms with van der Waals surface area (Å²) in [5.74, 6) is 0.0366. The quantitative estimate of drug-likeness (QED) is 0.814. The third-order valence-corrected chi connectivity index (χ3v) is 2.31.